The van der Waals surface area contributed by atoms with E-state index in [0.717, 1.165) is 15.4 Å². The van der Waals surface area contributed by atoms with Crippen molar-refractivity contribution in [3.63, 3.8) is 0 Å². The van der Waals surface area contributed by atoms with Gasteiger partial charge < -0.3 is 24.4 Å². The minimum Gasteiger partial charge on any atom is -0.495 e. The molecule has 2 amide bonds. The van der Waals surface area contributed by atoms with Crippen LogP contribution in [-0.2, 0) is 26.2 Å². The molecule has 0 aliphatic heterocycles. The normalized spacial score (nSPS) is 11.8. The Kier molecular flexibility index (Phi) is 11.1. The van der Waals surface area contributed by atoms with Crippen LogP contribution >= 0.6 is 11.6 Å². The fourth-order valence-corrected chi connectivity index (χ4v) is 6.17. The van der Waals surface area contributed by atoms with Crippen LogP contribution in [0, 0.1) is 6.92 Å². The van der Waals surface area contributed by atoms with Crippen molar-refractivity contribution in [2.24, 2.45) is 0 Å². The van der Waals surface area contributed by atoms with Gasteiger partial charge in [0.2, 0.25) is 11.8 Å². The molecule has 0 aliphatic carbocycles. The van der Waals surface area contributed by atoms with Gasteiger partial charge in [-0.25, -0.2) is 8.42 Å². The standard InChI is InChI=1S/C30H36ClN3O7S/c1-7-24(30(36)32-3)33(18-21-10-8-9-20(2)15-21)29(35)19-34(25-16-22(31)11-13-26(25)39-4)42(37,38)23-12-14-27(40-5)28(17-23)41-6/h8-17,24H,7,18-19H2,1-6H3,(H,32,36)/t24-/m1/s1. The maximum Gasteiger partial charge on any atom is 0.265 e. The summed E-state index contributed by atoms with van der Waals surface area (Å²) in [7, 11) is 1.29. The highest BCUT2D eigenvalue weighted by molar-refractivity contribution is 7.92. The first-order valence-corrected chi connectivity index (χ1v) is 15.0. The molecule has 42 heavy (non-hydrogen) atoms. The highest BCUT2D eigenvalue weighted by Crippen LogP contribution is 2.37. The van der Waals surface area contributed by atoms with E-state index in [0.29, 0.717) is 12.2 Å². The first kappa shape index (κ1) is 32.6. The molecule has 0 radical (unpaired) electrons. The van der Waals surface area contributed by atoms with E-state index in [1.807, 2.05) is 31.2 Å². The highest BCUT2D eigenvalue weighted by atomic mass is 35.5. The van der Waals surface area contributed by atoms with Crippen LogP contribution in [0.25, 0.3) is 0 Å². The Bertz CT molecular complexity index is 1530. The van der Waals surface area contributed by atoms with Gasteiger partial charge in [-0.1, -0.05) is 48.4 Å². The van der Waals surface area contributed by atoms with Gasteiger partial charge in [0.1, 0.15) is 18.3 Å². The zero-order chi connectivity index (χ0) is 31.0. The van der Waals surface area contributed by atoms with Gasteiger partial charge in [-0.15, -0.1) is 0 Å². The van der Waals surface area contributed by atoms with Gasteiger partial charge in [0.15, 0.2) is 11.5 Å². The molecule has 1 atom stereocenters. The monoisotopic (exact) mass is 617 g/mol. The number of anilines is 1. The summed E-state index contributed by atoms with van der Waals surface area (Å²) in [5, 5.41) is 2.85. The van der Waals surface area contributed by atoms with Crippen LogP contribution in [0.3, 0.4) is 0 Å². The van der Waals surface area contributed by atoms with E-state index < -0.39 is 28.5 Å². The molecule has 0 fully saturated rings. The van der Waals surface area contributed by atoms with Crippen molar-refractivity contribution < 1.29 is 32.2 Å². The molecule has 0 bridgehead atoms. The number of rotatable bonds is 13. The van der Waals surface area contributed by atoms with Crippen molar-refractivity contribution in [1.29, 1.82) is 0 Å². The summed E-state index contributed by atoms with van der Waals surface area (Å²) in [6.45, 7) is 3.15. The molecule has 0 saturated carbocycles. The van der Waals surface area contributed by atoms with Gasteiger partial charge in [0, 0.05) is 24.7 Å². The number of methoxy groups -OCH3 is 3. The van der Waals surface area contributed by atoms with Crippen LogP contribution in [0.2, 0.25) is 5.02 Å². The maximum atomic E-state index is 14.3. The molecule has 0 aliphatic rings. The first-order chi connectivity index (χ1) is 20.0. The average molecular weight is 618 g/mol. The van der Waals surface area contributed by atoms with E-state index in [9.17, 15) is 18.0 Å². The van der Waals surface area contributed by atoms with Crippen molar-refractivity contribution in [3.8, 4) is 17.2 Å². The summed E-state index contributed by atoms with van der Waals surface area (Å²) in [6.07, 6.45) is 0.306. The summed E-state index contributed by atoms with van der Waals surface area (Å²) < 4.78 is 45.5. The lowest BCUT2D eigenvalue weighted by molar-refractivity contribution is -0.140. The molecule has 12 heteroatoms. The SMILES string of the molecule is CC[C@H](C(=O)NC)N(Cc1cccc(C)c1)C(=O)CN(c1cc(Cl)ccc1OC)S(=O)(=O)c1ccc(OC)c(OC)c1. The largest absolute Gasteiger partial charge is 0.495 e. The average Bonchev–Trinajstić information content (AvgIpc) is 2.98. The van der Waals surface area contributed by atoms with Gasteiger partial charge in [0.25, 0.3) is 10.0 Å². The smallest absolute Gasteiger partial charge is 0.265 e. The molecule has 1 N–H and O–H groups in total. The Balaban J connectivity index is 2.18. The fraction of sp³-hybridized carbons (Fsp3) is 0.333. The molecular weight excluding hydrogens is 582 g/mol. The molecule has 0 heterocycles. The van der Waals surface area contributed by atoms with Gasteiger partial charge in [0.05, 0.1) is 31.9 Å². The van der Waals surface area contributed by atoms with E-state index in [2.05, 4.69) is 5.32 Å². The zero-order valence-electron chi connectivity index (χ0n) is 24.5. The number of nitrogens with zero attached hydrogens (tertiary/aromatic N) is 2. The number of hydrogen-bond acceptors (Lipinski definition) is 7. The Morgan fingerprint density at radius 3 is 2.19 bits per heavy atom. The second-order valence-electron chi connectivity index (χ2n) is 9.39. The fourth-order valence-electron chi connectivity index (χ4n) is 4.57. The van der Waals surface area contributed by atoms with Crippen molar-refractivity contribution in [2.45, 2.75) is 37.8 Å². The third kappa shape index (κ3) is 7.27. The summed E-state index contributed by atoms with van der Waals surface area (Å²) in [5.41, 5.74) is 1.83. The molecule has 0 saturated heterocycles. The minimum absolute atomic E-state index is 0.0524. The maximum absolute atomic E-state index is 14.3. The zero-order valence-corrected chi connectivity index (χ0v) is 26.1. The number of hydrogen-bond donors (Lipinski definition) is 1. The molecular formula is C30H36ClN3O7S. The molecule has 3 aromatic rings. The van der Waals surface area contributed by atoms with E-state index >= 15 is 0 Å². The van der Waals surface area contributed by atoms with E-state index in [4.69, 9.17) is 25.8 Å². The summed E-state index contributed by atoms with van der Waals surface area (Å²) >= 11 is 6.29. The summed E-state index contributed by atoms with van der Waals surface area (Å²) in [5.74, 6) is -0.263. The van der Waals surface area contributed by atoms with E-state index in [-0.39, 0.29) is 39.6 Å². The number of sulfonamides is 1. The van der Waals surface area contributed by atoms with Crippen molar-refractivity contribution in [1.82, 2.24) is 10.2 Å². The Morgan fingerprint density at radius 1 is 0.929 bits per heavy atom. The van der Waals surface area contributed by atoms with Gasteiger partial charge in [-0.2, -0.15) is 0 Å². The number of halogens is 1. The Morgan fingerprint density at radius 2 is 1.60 bits per heavy atom. The second-order valence-corrected chi connectivity index (χ2v) is 11.7. The topological polar surface area (TPSA) is 114 Å². The molecule has 226 valence electrons. The highest BCUT2D eigenvalue weighted by Gasteiger charge is 2.35. The Labute approximate surface area is 252 Å². The van der Waals surface area contributed by atoms with Crippen LogP contribution in [0.15, 0.2) is 65.6 Å². The lowest BCUT2D eigenvalue weighted by Crippen LogP contribution is -2.51. The van der Waals surface area contributed by atoms with Crippen LogP contribution in [0.1, 0.15) is 24.5 Å². The number of likely N-dealkylation sites (N-methyl/N-ethyl adjacent to an activating group) is 1. The number of carbonyl (C=O) groups is 2. The van der Waals surface area contributed by atoms with Crippen molar-refractivity contribution >= 4 is 39.1 Å². The number of carbonyl (C=O) groups excluding carboxylic acids is 2. The van der Waals surface area contributed by atoms with Gasteiger partial charge in [-0.3, -0.25) is 13.9 Å². The molecule has 3 aromatic carbocycles. The number of aryl methyl sites for hydroxylation is 1. The molecule has 3 rings (SSSR count). The molecule has 0 aromatic heterocycles. The van der Waals surface area contributed by atoms with Gasteiger partial charge >= 0.3 is 0 Å². The first-order valence-electron chi connectivity index (χ1n) is 13.2. The van der Waals surface area contributed by atoms with Gasteiger partial charge in [-0.05, 0) is 49.2 Å². The third-order valence-corrected chi connectivity index (χ3v) is 8.69. The molecule has 0 spiro atoms. The van der Waals surface area contributed by atoms with Crippen LogP contribution in [0.5, 0.6) is 17.2 Å². The van der Waals surface area contributed by atoms with Crippen molar-refractivity contribution in [2.75, 3.05) is 39.2 Å². The van der Waals surface area contributed by atoms with Crippen LogP contribution in [-0.4, -0.2) is 66.1 Å². The summed E-state index contributed by atoms with van der Waals surface area (Å²) in [4.78, 5) is 28.3. The second kappa shape index (κ2) is 14.3. The quantitative estimate of drug-likeness (QED) is 0.302. The third-order valence-electron chi connectivity index (χ3n) is 6.70. The lowest BCUT2D eigenvalue weighted by Gasteiger charge is -2.33. The minimum atomic E-state index is -4.42. The Hall–Kier alpha value is -3.96. The van der Waals surface area contributed by atoms with Crippen LogP contribution in [0.4, 0.5) is 5.69 Å². The number of ether oxygens (including phenoxy) is 3. The molecule has 0 unspecified atom stereocenters. The predicted molar refractivity (Wildman–Crippen MR) is 162 cm³/mol. The predicted octanol–water partition coefficient (Wildman–Crippen LogP) is 4.42. The number of nitrogens with one attached hydrogen (secondary N) is 1. The molecule has 10 nitrogen and oxygen atoms in total. The lowest BCUT2D eigenvalue weighted by atomic mass is 10.1. The van der Waals surface area contributed by atoms with Crippen molar-refractivity contribution in [3.05, 3.63) is 76.8 Å². The summed E-state index contributed by atoms with van der Waals surface area (Å²) in [6, 6.07) is 15.3. The van der Waals surface area contributed by atoms with E-state index in [1.165, 1.54) is 63.6 Å². The number of amides is 2. The van der Waals surface area contributed by atoms with E-state index in [1.54, 1.807) is 13.0 Å². The number of benzene rings is 3. The van der Waals surface area contributed by atoms with Crippen LogP contribution < -0.4 is 23.8 Å².